The number of carbonyl (C=O) groups is 1. The van der Waals surface area contributed by atoms with Gasteiger partial charge in [0.2, 0.25) is 11.8 Å². The van der Waals surface area contributed by atoms with E-state index in [-0.39, 0.29) is 5.91 Å². The fourth-order valence-corrected chi connectivity index (χ4v) is 3.15. The van der Waals surface area contributed by atoms with Crippen molar-refractivity contribution in [3.8, 4) is 23.1 Å². The summed E-state index contributed by atoms with van der Waals surface area (Å²) in [6.45, 7) is 0. The van der Waals surface area contributed by atoms with E-state index in [1.54, 1.807) is 50.9 Å². The van der Waals surface area contributed by atoms with Crippen LogP contribution < -0.4 is 19.5 Å². The zero-order valence-electron chi connectivity index (χ0n) is 17.2. The Kier molecular flexibility index (Phi) is 5.93. The highest BCUT2D eigenvalue weighted by molar-refractivity contribution is 5.92. The quantitative estimate of drug-likeness (QED) is 0.474. The number of hydrogen-bond donors (Lipinski definition) is 1. The number of ether oxygens (including phenoxy) is 3. The van der Waals surface area contributed by atoms with Gasteiger partial charge >= 0.3 is 0 Å². The highest BCUT2D eigenvalue weighted by atomic mass is 16.5. The SMILES string of the molecule is COc1cc2nccc(Oc3ccc(NC(=O)Cc4ccccc4)cn3)c2cc1OC. The van der Waals surface area contributed by atoms with Crippen molar-refractivity contribution >= 4 is 22.5 Å². The summed E-state index contributed by atoms with van der Waals surface area (Å²) >= 11 is 0. The summed E-state index contributed by atoms with van der Waals surface area (Å²) in [5, 5.41) is 3.61. The summed E-state index contributed by atoms with van der Waals surface area (Å²) in [6.07, 6.45) is 3.51. The molecule has 0 fully saturated rings. The predicted molar refractivity (Wildman–Crippen MR) is 118 cm³/mol. The number of hydrogen-bond acceptors (Lipinski definition) is 6. The molecule has 4 rings (SSSR count). The van der Waals surface area contributed by atoms with Crippen LogP contribution in [-0.2, 0) is 11.2 Å². The Morgan fingerprint density at radius 2 is 1.68 bits per heavy atom. The van der Waals surface area contributed by atoms with Crippen LogP contribution in [0.5, 0.6) is 23.1 Å². The van der Waals surface area contributed by atoms with Gasteiger partial charge in [0.15, 0.2) is 11.5 Å². The molecule has 2 heterocycles. The third-order valence-corrected chi connectivity index (χ3v) is 4.65. The lowest BCUT2D eigenvalue weighted by Gasteiger charge is -2.12. The molecule has 4 aromatic rings. The number of carbonyl (C=O) groups excluding carboxylic acids is 1. The van der Waals surface area contributed by atoms with E-state index in [0.717, 1.165) is 10.9 Å². The first-order valence-electron chi connectivity index (χ1n) is 9.64. The molecular weight excluding hydrogens is 394 g/mol. The third kappa shape index (κ3) is 4.72. The lowest BCUT2D eigenvalue weighted by molar-refractivity contribution is -0.115. The fourth-order valence-electron chi connectivity index (χ4n) is 3.15. The van der Waals surface area contributed by atoms with Crippen molar-refractivity contribution in [2.45, 2.75) is 6.42 Å². The van der Waals surface area contributed by atoms with Crippen molar-refractivity contribution in [2.24, 2.45) is 0 Å². The molecule has 2 aromatic heterocycles. The lowest BCUT2D eigenvalue weighted by atomic mass is 10.1. The highest BCUT2D eigenvalue weighted by Crippen LogP contribution is 2.36. The second-order valence-corrected chi connectivity index (χ2v) is 6.73. The number of methoxy groups -OCH3 is 2. The van der Waals surface area contributed by atoms with Crippen molar-refractivity contribution in [2.75, 3.05) is 19.5 Å². The fraction of sp³-hybridized carbons (Fsp3) is 0.125. The molecular formula is C24H21N3O4. The molecule has 0 saturated heterocycles. The molecule has 1 N–H and O–H groups in total. The third-order valence-electron chi connectivity index (χ3n) is 4.65. The number of pyridine rings is 2. The minimum absolute atomic E-state index is 0.108. The van der Waals surface area contributed by atoms with Crippen LogP contribution in [-0.4, -0.2) is 30.1 Å². The molecule has 7 nitrogen and oxygen atoms in total. The van der Waals surface area contributed by atoms with E-state index in [2.05, 4.69) is 15.3 Å². The Balaban J connectivity index is 1.49. The lowest BCUT2D eigenvalue weighted by Crippen LogP contribution is -2.14. The van der Waals surface area contributed by atoms with Gasteiger partial charge in [-0.25, -0.2) is 4.98 Å². The topological polar surface area (TPSA) is 82.6 Å². The second-order valence-electron chi connectivity index (χ2n) is 6.73. The van der Waals surface area contributed by atoms with Gasteiger partial charge in [0, 0.05) is 23.7 Å². The predicted octanol–water partition coefficient (Wildman–Crippen LogP) is 4.62. The van der Waals surface area contributed by atoms with Gasteiger partial charge in [0.1, 0.15) is 5.75 Å². The van der Waals surface area contributed by atoms with Gasteiger partial charge in [-0.05, 0) is 23.8 Å². The normalized spacial score (nSPS) is 10.5. The van der Waals surface area contributed by atoms with Gasteiger partial charge < -0.3 is 19.5 Å². The van der Waals surface area contributed by atoms with Crippen molar-refractivity contribution in [3.05, 3.63) is 78.6 Å². The maximum Gasteiger partial charge on any atom is 0.228 e. The maximum atomic E-state index is 12.2. The molecule has 0 atom stereocenters. The van der Waals surface area contributed by atoms with Gasteiger partial charge in [-0.1, -0.05) is 30.3 Å². The Bertz CT molecular complexity index is 1190. The molecule has 0 saturated carbocycles. The number of amides is 1. The number of nitrogens with one attached hydrogen (secondary N) is 1. The molecule has 1 amide bonds. The van der Waals surface area contributed by atoms with Crippen molar-refractivity contribution in [3.63, 3.8) is 0 Å². The van der Waals surface area contributed by atoms with Gasteiger partial charge in [-0.15, -0.1) is 0 Å². The standard InChI is InChI=1S/C24H21N3O4/c1-29-21-13-18-19(14-22(21)30-2)25-11-10-20(18)31-24-9-8-17(15-26-24)27-23(28)12-16-6-4-3-5-7-16/h3-11,13-15H,12H2,1-2H3,(H,27,28). The number of aromatic nitrogens is 2. The molecule has 7 heteroatoms. The number of rotatable bonds is 7. The molecule has 0 aliphatic carbocycles. The van der Waals surface area contributed by atoms with Crippen molar-refractivity contribution in [1.29, 1.82) is 0 Å². The van der Waals surface area contributed by atoms with E-state index < -0.39 is 0 Å². The Morgan fingerprint density at radius 1 is 0.903 bits per heavy atom. The molecule has 2 aromatic carbocycles. The van der Waals surface area contributed by atoms with Crippen LogP contribution in [0.3, 0.4) is 0 Å². The molecule has 156 valence electrons. The smallest absolute Gasteiger partial charge is 0.228 e. The summed E-state index contributed by atoms with van der Waals surface area (Å²) < 4.78 is 16.7. The van der Waals surface area contributed by atoms with Crippen LogP contribution >= 0.6 is 0 Å². The van der Waals surface area contributed by atoms with Crippen molar-refractivity contribution in [1.82, 2.24) is 9.97 Å². The first-order chi connectivity index (χ1) is 15.2. The number of benzene rings is 2. The van der Waals surface area contributed by atoms with Gasteiger partial charge in [-0.2, -0.15) is 0 Å². The summed E-state index contributed by atoms with van der Waals surface area (Å²) in [4.78, 5) is 20.9. The number of nitrogens with zero attached hydrogens (tertiary/aromatic N) is 2. The summed E-state index contributed by atoms with van der Waals surface area (Å²) in [5.41, 5.74) is 2.25. The summed E-state index contributed by atoms with van der Waals surface area (Å²) in [6, 6.07) is 18.4. The average molecular weight is 415 g/mol. The minimum Gasteiger partial charge on any atom is -0.493 e. The van der Waals surface area contributed by atoms with Gasteiger partial charge in [0.25, 0.3) is 0 Å². The Morgan fingerprint density at radius 3 is 2.39 bits per heavy atom. The van der Waals surface area contributed by atoms with Crippen LogP contribution in [0, 0.1) is 0 Å². The summed E-state index contributed by atoms with van der Waals surface area (Å²) in [5.74, 6) is 2.04. The van der Waals surface area contributed by atoms with E-state index in [1.807, 2.05) is 36.4 Å². The van der Waals surface area contributed by atoms with Gasteiger partial charge in [0.05, 0.1) is 38.0 Å². The monoisotopic (exact) mass is 415 g/mol. The molecule has 0 bridgehead atoms. The number of anilines is 1. The molecule has 0 aliphatic rings. The Labute approximate surface area is 179 Å². The van der Waals surface area contributed by atoms with Crippen LogP contribution in [0.4, 0.5) is 5.69 Å². The van der Waals surface area contributed by atoms with Crippen LogP contribution in [0.25, 0.3) is 10.9 Å². The molecule has 0 spiro atoms. The van der Waals surface area contributed by atoms with Crippen molar-refractivity contribution < 1.29 is 19.0 Å². The first kappa shape index (κ1) is 20.2. The number of fused-ring (bicyclic) bond motifs is 1. The molecule has 0 radical (unpaired) electrons. The largest absolute Gasteiger partial charge is 0.493 e. The second kappa shape index (κ2) is 9.13. The average Bonchev–Trinajstić information content (AvgIpc) is 2.80. The van der Waals surface area contributed by atoms with Crippen LogP contribution in [0.15, 0.2) is 73.1 Å². The molecule has 0 unspecified atom stereocenters. The zero-order valence-corrected chi connectivity index (χ0v) is 17.2. The van der Waals surface area contributed by atoms with Crippen LogP contribution in [0.2, 0.25) is 0 Å². The first-order valence-corrected chi connectivity index (χ1v) is 9.64. The molecule has 0 aliphatic heterocycles. The maximum absolute atomic E-state index is 12.2. The van der Waals surface area contributed by atoms with Crippen LogP contribution in [0.1, 0.15) is 5.56 Å². The van der Waals surface area contributed by atoms with E-state index in [1.165, 1.54) is 0 Å². The van der Waals surface area contributed by atoms with E-state index >= 15 is 0 Å². The molecule has 31 heavy (non-hydrogen) atoms. The van der Waals surface area contributed by atoms with E-state index in [9.17, 15) is 4.79 Å². The highest BCUT2D eigenvalue weighted by Gasteiger charge is 2.12. The zero-order chi connectivity index (χ0) is 21.6. The van der Waals surface area contributed by atoms with E-state index in [0.29, 0.717) is 40.8 Å². The minimum atomic E-state index is -0.108. The van der Waals surface area contributed by atoms with E-state index in [4.69, 9.17) is 14.2 Å². The Hall–Kier alpha value is -4.13. The van der Waals surface area contributed by atoms with Gasteiger partial charge in [-0.3, -0.25) is 9.78 Å². The summed E-state index contributed by atoms with van der Waals surface area (Å²) in [7, 11) is 3.15.